The Hall–Kier alpha value is -1.01. The van der Waals surface area contributed by atoms with Crippen molar-refractivity contribution in [1.29, 1.82) is 0 Å². The third-order valence-electron chi connectivity index (χ3n) is 4.15. The van der Waals surface area contributed by atoms with Gasteiger partial charge in [0.15, 0.2) is 0 Å². The van der Waals surface area contributed by atoms with Gasteiger partial charge in [0, 0.05) is 11.6 Å². The van der Waals surface area contributed by atoms with Crippen molar-refractivity contribution in [3.05, 3.63) is 33.8 Å². The van der Waals surface area contributed by atoms with Gasteiger partial charge in [-0.15, -0.1) is 12.4 Å². The summed E-state index contributed by atoms with van der Waals surface area (Å²) < 4.78 is 0. The van der Waals surface area contributed by atoms with Crippen molar-refractivity contribution in [3.8, 4) is 0 Å². The van der Waals surface area contributed by atoms with Crippen LogP contribution in [0.15, 0.2) is 18.2 Å². The monoisotopic (exact) mass is 393 g/mol. The Labute approximate surface area is 158 Å². The van der Waals surface area contributed by atoms with Crippen LogP contribution in [0.4, 0.5) is 0 Å². The lowest BCUT2D eigenvalue weighted by Gasteiger charge is -2.31. The number of halogens is 3. The van der Waals surface area contributed by atoms with Crippen LogP contribution in [0, 0.1) is 5.92 Å². The lowest BCUT2D eigenvalue weighted by Crippen LogP contribution is -2.48. The van der Waals surface area contributed by atoms with Crippen LogP contribution in [-0.4, -0.2) is 30.9 Å². The molecule has 1 aromatic carbocycles. The largest absolute Gasteiger partial charge is 0.352 e. The van der Waals surface area contributed by atoms with Gasteiger partial charge in [0.1, 0.15) is 0 Å². The first kappa shape index (κ1) is 21.0. The molecule has 0 spiro atoms. The molecule has 0 bridgehead atoms. The van der Waals surface area contributed by atoms with Crippen LogP contribution in [0.3, 0.4) is 0 Å². The van der Waals surface area contributed by atoms with Gasteiger partial charge in [-0.3, -0.25) is 9.59 Å². The van der Waals surface area contributed by atoms with Crippen molar-refractivity contribution in [2.45, 2.75) is 31.7 Å². The quantitative estimate of drug-likeness (QED) is 0.718. The maximum absolute atomic E-state index is 12.0. The second kappa shape index (κ2) is 10.1. The first-order valence-corrected chi connectivity index (χ1v) is 8.49. The van der Waals surface area contributed by atoms with Crippen LogP contribution in [0.25, 0.3) is 0 Å². The zero-order valence-corrected chi connectivity index (χ0v) is 15.5. The molecule has 2 rings (SSSR count). The zero-order valence-electron chi connectivity index (χ0n) is 13.2. The van der Waals surface area contributed by atoms with Crippen molar-refractivity contribution in [3.63, 3.8) is 0 Å². The summed E-state index contributed by atoms with van der Waals surface area (Å²) in [5.74, 6) is -0.250. The molecule has 1 fully saturated rings. The molecule has 0 aromatic heterocycles. The highest BCUT2D eigenvalue weighted by atomic mass is 35.5. The van der Waals surface area contributed by atoms with Gasteiger partial charge < -0.3 is 16.4 Å². The predicted octanol–water partition coefficient (Wildman–Crippen LogP) is 2.78. The second-order valence-corrected chi connectivity index (χ2v) is 6.58. The molecule has 134 valence electrons. The number of nitrogens with two attached hydrogens (primary N) is 1. The topological polar surface area (TPSA) is 84.2 Å². The molecule has 4 N–H and O–H groups in total. The highest BCUT2D eigenvalue weighted by molar-refractivity contribution is 6.42. The van der Waals surface area contributed by atoms with Crippen molar-refractivity contribution >= 4 is 47.4 Å². The summed E-state index contributed by atoms with van der Waals surface area (Å²) in [4.78, 5) is 24.0. The molecule has 5 nitrogen and oxygen atoms in total. The van der Waals surface area contributed by atoms with Gasteiger partial charge in [-0.2, -0.15) is 0 Å². The van der Waals surface area contributed by atoms with E-state index < -0.39 is 0 Å². The first-order valence-electron chi connectivity index (χ1n) is 7.74. The van der Waals surface area contributed by atoms with E-state index in [0.717, 1.165) is 25.7 Å². The van der Waals surface area contributed by atoms with E-state index in [1.165, 1.54) is 6.07 Å². The van der Waals surface area contributed by atoms with Gasteiger partial charge in [0.05, 0.1) is 16.6 Å². The summed E-state index contributed by atoms with van der Waals surface area (Å²) in [6, 6.07) is 4.69. The Kier molecular flexibility index (Phi) is 8.84. The summed E-state index contributed by atoms with van der Waals surface area (Å²) >= 11 is 11.7. The minimum Gasteiger partial charge on any atom is -0.352 e. The van der Waals surface area contributed by atoms with Gasteiger partial charge in [-0.1, -0.05) is 36.0 Å². The summed E-state index contributed by atoms with van der Waals surface area (Å²) in [6.07, 6.45) is 4.23. The number of hydrogen-bond donors (Lipinski definition) is 3. The van der Waals surface area contributed by atoms with E-state index >= 15 is 0 Å². The van der Waals surface area contributed by atoms with E-state index in [2.05, 4.69) is 10.6 Å². The number of nitrogens with one attached hydrogen (secondary N) is 2. The maximum Gasteiger partial charge on any atom is 0.251 e. The highest BCUT2D eigenvalue weighted by Crippen LogP contribution is 2.24. The molecule has 1 saturated carbocycles. The molecule has 1 aliphatic rings. The van der Waals surface area contributed by atoms with E-state index in [-0.39, 0.29) is 36.8 Å². The molecule has 2 unspecified atom stereocenters. The fourth-order valence-corrected chi connectivity index (χ4v) is 3.14. The molecule has 0 radical (unpaired) electrons. The average Bonchev–Trinajstić information content (AvgIpc) is 2.55. The van der Waals surface area contributed by atoms with Gasteiger partial charge in [0.25, 0.3) is 5.91 Å². The summed E-state index contributed by atoms with van der Waals surface area (Å²) in [7, 11) is 0. The van der Waals surface area contributed by atoms with Crippen molar-refractivity contribution in [2.24, 2.45) is 11.7 Å². The minimum absolute atomic E-state index is 0. The molecule has 24 heavy (non-hydrogen) atoms. The first-order chi connectivity index (χ1) is 11.0. The Morgan fingerprint density at radius 1 is 1.17 bits per heavy atom. The van der Waals surface area contributed by atoms with Crippen molar-refractivity contribution < 1.29 is 9.59 Å². The van der Waals surface area contributed by atoms with Crippen LogP contribution in [0.5, 0.6) is 0 Å². The van der Waals surface area contributed by atoms with Gasteiger partial charge in [0.2, 0.25) is 5.91 Å². The SMILES string of the molecule is Cl.NCC1CCCCC1NC(=O)CNC(=O)c1ccc(Cl)c(Cl)c1. The molecule has 2 atom stereocenters. The molecule has 0 aliphatic heterocycles. The summed E-state index contributed by atoms with van der Waals surface area (Å²) in [6.45, 7) is 0.494. The zero-order chi connectivity index (χ0) is 16.8. The molecule has 0 heterocycles. The molecule has 0 saturated heterocycles. The number of benzene rings is 1. The molecular formula is C16H22Cl3N3O2. The van der Waals surface area contributed by atoms with Crippen molar-refractivity contribution in [1.82, 2.24) is 10.6 Å². The van der Waals surface area contributed by atoms with Crippen LogP contribution >= 0.6 is 35.6 Å². The van der Waals surface area contributed by atoms with Crippen LogP contribution in [0.2, 0.25) is 10.0 Å². The second-order valence-electron chi connectivity index (χ2n) is 5.77. The number of rotatable bonds is 5. The van der Waals surface area contributed by atoms with E-state index in [1.807, 2.05) is 0 Å². The summed E-state index contributed by atoms with van der Waals surface area (Å²) in [5, 5.41) is 6.23. The van der Waals surface area contributed by atoms with Crippen molar-refractivity contribution in [2.75, 3.05) is 13.1 Å². The molecule has 1 aromatic rings. The number of carbonyl (C=O) groups excluding carboxylic acids is 2. The standard InChI is InChI=1S/C16H21Cl2N3O2.ClH/c17-12-6-5-10(7-13(12)18)16(23)20-9-15(22)21-14-4-2-1-3-11(14)8-19;/h5-7,11,14H,1-4,8-9,19H2,(H,20,23)(H,21,22);1H. The van der Waals surface area contributed by atoms with Gasteiger partial charge in [-0.05, 0) is 43.5 Å². The van der Waals surface area contributed by atoms with Crippen LogP contribution in [-0.2, 0) is 4.79 Å². The Morgan fingerprint density at radius 3 is 2.54 bits per heavy atom. The highest BCUT2D eigenvalue weighted by Gasteiger charge is 2.25. The Balaban J connectivity index is 0.00000288. The normalized spacial score (nSPS) is 20.0. The Bertz CT molecular complexity index is 584. The van der Waals surface area contributed by atoms with E-state index in [9.17, 15) is 9.59 Å². The lowest BCUT2D eigenvalue weighted by molar-refractivity contribution is -0.121. The molecule has 1 aliphatic carbocycles. The molecular weight excluding hydrogens is 373 g/mol. The molecule has 8 heteroatoms. The van der Waals surface area contributed by atoms with Gasteiger partial charge in [-0.25, -0.2) is 0 Å². The van der Waals surface area contributed by atoms with Crippen LogP contribution < -0.4 is 16.4 Å². The Morgan fingerprint density at radius 2 is 1.88 bits per heavy atom. The lowest BCUT2D eigenvalue weighted by atomic mass is 9.84. The average molecular weight is 395 g/mol. The fraction of sp³-hybridized carbons (Fsp3) is 0.500. The third-order valence-corrected chi connectivity index (χ3v) is 4.89. The fourth-order valence-electron chi connectivity index (χ4n) is 2.84. The minimum atomic E-state index is -0.363. The number of hydrogen-bond acceptors (Lipinski definition) is 3. The van der Waals surface area contributed by atoms with E-state index in [4.69, 9.17) is 28.9 Å². The predicted molar refractivity (Wildman–Crippen MR) is 99.0 cm³/mol. The van der Waals surface area contributed by atoms with E-state index in [1.54, 1.807) is 12.1 Å². The number of carbonyl (C=O) groups is 2. The number of amides is 2. The summed E-state index contributed by atoms with van der Waals surface area (Å²) in [5.41, 5.74) is 6.12. The van der Waals surface area contributed by atoms with Gasteiger partial charge >= 0.3 is 0 Å². The maximum atomic E-state index is 12.0. The smallest absolute Gasteiger partial charge is 0.251 e. The van der Waals surface area contributed by atoms with Crippen LogP contribution in [0.1, 0.15) is 36.0 Å². The van der Waals surface area contributed by atoms with E-state index in [0.29, 0.717) is 28.1 Å². The third kappa shape index (κ3) is 5.81. The molecule has 2 amide bonds.